The van der Waals surface area contributed by atoms with Crippen LogP contribution >= 0.6 is 23.2 Å². The Morgan fingerprint density at radius 2 is 1.53 bits per heavy atom. The van der Waals surface area contributed by atoms with Crippen LogP contribution in [0.15, 0.2) is 59.4 Å². The number of likely N-dealkylation sites (N-methyl/N-ethyl adjacent to an activating group) is 2. The van der Waals surface area contributed by atoms with Crippen LogP contribution in [0.2, 0.25) is 0 Å². The number of nitro benzene ring substituents is 1. The largest absolute Gasteiger partial charge is 0.508 e. The van der Waals surface area contributed by atoms with Crippen LogP contribution < -0.4 is 39.3 Å². The van der Waals surface area contributed by atoms with E-state index in [1.165, 1.54) is 68.4 Å². The van der Waals surface area contributed by atoms with Crippen molar-refractivity contribution in [1.29, 1.82) is 0 Å². The van der Waals surface area contributed by atoms with Gasteiger partial charge in [-0.05, 0) is 90.0 Å². The van der Waals surface area contributed by atoms with E-state index < -0.39 is 170 Å². The summed E-state index contributed by atoms with van der Waals surface area (Å²) in [6.45, 7) is 2.68. The van der Waals surface area contributed by atoms with Crippen molar-refractivity contribution < 1.29 is 94.1 Å². The van der Waals surface area contributed by atoms with Gasteiger partial charge in [-0.25, -0.2) is 0 Å². The number of benzene rings is 2. The maximum Gasteiger partial charge on any atom is 0.269 e. The van der Waals surface area contributed by atoms with Crippen LogP contribution in [-0.4, -0.2) is 221 Å². The lowest BCUT2D eigenvalue weighted by Gasteiger charge is -2.53. The number of nitro groups is 1. The van der Waals surface area contributed by atoms with Gasteiger partial charge in [-0.1, -0.05) is 35.3 Å². The zero-order chi connectivity index (χ0) is 62.1. The number of nitrogens with zero attached hydrogens (tertiary/aromatic N) is 2. The number of rotatable bonds is 14. The first kappa shape index (κ1) is 67.0. The van der Waals surface area contributed by atoms with Crippen LogP contribution in [0, 0.1) is 22.0 Å². The number of aliphatic hydroxyl groups is 9. The van der Waals surface area contributed by atoms with Gasteiger partial charge in [0, 0.05) is 48.2 Å². The Morgan fingerprint density at radius 3 is 2.06 bits per heavy atom. The fourth-order valence-corrected chi connectivity index (χ4v) is 11.8. The van der Waals surface area contributed by atoms with Crippen molar-refractivity contribution in [2.24, 2.45) is 40.5 Å². The number of hydrogen-bond donors (Lipinski definition) is 17. The lowest BCUT2D eigenvalue weighted by Crippen LogP contribution is -2.68. The number of nitrogens with one attached hydrogen (secondary N) is 2. The molecule has 29 nitrogen and oxygen atoms in total. The topological polar surface area (TPSA) is 508 Å². The Balaban J connectivity index is 0.000000206. The van der Waals surface area contributed by atoms with E-state index in [1.54, 1.807) is 14.0 Å². The number of aromatic hydroxyl groups is 1. The number of aliphatic hydroxyl groups excluding tert-OH is 6. The number of amides is 2. The van der Waals surface area contributed by atoms with Gasteiger partial charge in [0.05, 0.1) is 59.6 Å². The molecule has 4 fully saturated rings. The van der Waals surface area contributed by atoms with Crippen LogP contribution in [-0.2, 0) is 43.7 Å². The summed E-state index contributed by atoms with van der Waals surface area (Å²) in [5, 5.41) is 122. The molecule has 8 rings (SSSR count). The van der Waals surface area contributed by atoms with E-state index >= 15 is 0 Å². The van der Waals surface area contributed by atoms with E-state index in [4.69, 9.17) is 75.9 Å². The number of ether oxygens (including phenoxy) is 4. The Kier molecular flexibility index (Phi) is 21.5. The average molecular weight is 1220 g/mol. The quantitative estimate of drug-likeness (QED) is 0.0379. The highest BCUT2D eigenvalue weighted by Gasteiger charge is 2.66. The lowest BCUT2D eigenvalue weighted by molar-refractivity contribution is -0.384. The average Bonchev–Trinajstić information content (AvgIpc) is 0.826. The molecule has 2 saturated heterocycles. The third-order valence-corrected chi connectivity index (χ3v) is 16.5. The first-order valence-corrected chi connectivity index (χ1v) is 27.2. The van der Waals surface area contributed by atoms with Crippen molar-refractivity contribution in [2.45, 2.75) is 147 Å². The fourth-order valence-electron chi connectivity index (χ4n) is 11.7. The highest BCUT2D eigenvalue weighted by molar-refractivity contribution is 6.53. The van der Waals surface area contributed by atoms with E-state index in [-0.39, 0.29) is 42.0 Å². The fraction of sp³-hybridized carbons (Fsp3) is 0.615. The van der Waals surface area contributed by atoms with Gasteiger partial charge < -0.3 is 109 Å². The molecular formula is C52H75Cl2N9O20. The van der Waals surface area contributed by atoms with Crippen molar-refractivity contribution >= 4 is 58.0 Å². The normalized spacial score (nSPS) is 35.9. The third-order valence-electron chi connectivity index (χ3n) is 16.1. The molecule has 2 amide bonds. The van der Waals surface area contributed by atoms with Crippen LogP contribution in [0.5, 0.6) is 5.75 Å². The number of non-ortho nitro benzene ring substituents is 1. The number of fused-ring (bicyclic) bond motifs is 3. The molecule has 19 atom stereocenters. The summed E-state index contributed by atoms with van der Waals surface area (Å²) in [7, 11) is 4.63. The number of halogens is 2. The molecule has 2 aromatic rings. The van der Waals surface area contributed by atoms with Gasteiger partial charge in [0.1, 0.15) is 59.0 Å². The van der Waals surface area contributed by atoms with E-state index in [1.807, 2.05) is 0 Å². The molecule has 0 spiro atoms. The minimum atomic E-state index is -2.75. The van der Waals surface area contributed by atoms with E-state index in [0.29, 0.717) is 24.9 Å². The molecule has 6 aliphatic rings. The molecule has 0 bridgehead atoms. The lowest BCUT2D eigenvalue weighted by atomic mass is 9.54. The first-order valence-electron chi connectivity index (χ1n) is 26.3. The summed E-state index contributed by atoms with van der Waals surface area (Å²) >= 11 is 10.7. The Morgan fingerprint density at radius 1 is 0.928 bits per heavy atom. The predicted octanol–water partition coefficient (Wildman–Crippen LogP) is -3.44. The second kappa shape index (κ2) is 26.7. The molecule has 2 saturated carbocycles. The van der Waals surface area contributed by atoms with Crippen molar-refractivity contribution in [3.8, 4) is 5.75 Å². The molecule has 2 heterocycles. The monoisotopic (exact) mass is 1220 g/mol. The number of primary amides is 1. The maximum atomic E-state index is 13.7. The molecule has 462 valence electrons. The van der Waals surface area contributed by atoms with Crippen molar-refractivity contribution in [3.63, 3.8) is 0 Å². The first-order chi connectivity index (χ1) is 38.7. The smallest absolute Gasteiger partial charge is 0.269 e. The number of carbonyl (C=O) groups excluding carboxylic acids is 4. The van der Waals surface area contributed by atoms with E-state index in [9.17, 15) is 75.3 Å². The Bertz CT molecular complexity index is 2780. The van der Waals surface area contributed by atoms with Gasteiger partial charge in [-0.15, -0.1) is 0 Å². The molecule has 2 aliphatic heterocycles. The van der Waals surface area contributed by atoms with Crippen molar-refractivity contribution in [1.82, 2.24) is 15.5 Å². The number of hydrogen-bond acceptors (Lipinski definition) is 26. The van der Waals surface area contributed by atoms with Gasteiger partial charge in [-0.2, -0.15) is 0 Å². The Hall–Kier alpha value is -5.10. The van der Waals surface area contributed by atoms with Crippen LogP contribution in [0.1, 0.15) is 62.3 Å². The number of alkyl halides is 2. The summed E-state index contributed by atoms with van der Waals surface area (Å²) in [5.41, 5.74) is 22.6. The van der Waals surface area contributed by atoms with Gasteiger partial charge in [0.15, 0.2) is 28.8 Å². The Labute approximate surface area is 486 Å². The van der Waals surface area contributed by atoms with Crippen molar-refractivity contribution in [2.75, 3.05) is 40.9 Å². The second-order valence-electron chi connectivity index (χ2n) is 22.0. The van der Waals surface area contributed by atoms with Gasteiger partial charge in [0.25, 0.3) is 17.5 Å². The van der Waals surface area contributed by atoms with Crippen LogP contribution in [0.3, 0.4) is 0 Å². The molecule has 31 heteroatoms. The van der Waals surface area contributed by atoms with Crippen LogP contribution in [0.4, 0.5) is 5.69 Å². The van der Waals surface area contributed by atoms with Gasteiger partial charge >= 0.3 is 0 Å². The number of phenols is 1. The van der Waals surface area contributed by atoms with Gasteiger partial charge in [-0.3, -0.25) is 34.2 Å². The number of phenolic OH excluding ortho intramolecular Hbond substituents is 1. The number of nitrogens with two attached hydrogens (primary N) is 5. The highest BCUT2D eigenvalue weighted by Crippen LogP contribution is 2.57. The predicted molar refractivity (Wildman–Crippen MR) is 293 cm³/mol. The molecule has 83 heavy (non-hydrogen) atoms. The number of ketones is 2. The minimum absolute atomic E-state index is 0.0665. The highest BCUT2D eigenvalue weighted by atomic mass is 35.5. The molecule has 0 radical (unpaired) electrons. The van der Waals surface area contributed by atoms with E-state index in [2.05, 4.69) is 10.6 Å². The zero-order valence-electron chi connectivity index (χ0n) is 45.9. The summed E-state index contributed by atoms with van der Waals surface area (Å²) in [6, 6.07) is 4.81. The third kappa shape index (κ3) is 13.3. The summed E-state index contributed by atoms with van der Waals surface area (Å²) in [4.78, 5) is 59.9. The number of Topliss-reactive ketones (excluding diaryl/α,β-unsaturated/α-hetero) is 2. The zero-order valence-corrected chi connectivity index (χ0v) is 47.4. The molecule has 4 aliphatic carbocycles. The summed E-state index contributed by atoms with van der Waals surface area (Å²) in [5.74, 6) is -8.65. The second-order valence-corrected chi connectivity index (χ2v) is 23.1. The number of carbonyl (C=O) groups is 4. The molecule has 0 unspecified atom stereocenters. The SMILES string of the molecule is CN(C)[C@@H]1C(=O)C(C(N)=O)=C(O)[C@@]2(O)C(=O)C3=C(O)c4c(O)cccc4[C@@](C)(O)[C@H]3C[C@@H]12.CN[C@@H]1[C@@H](O)[C@@H](O[C@@H]2[C@@H](O)[C@H](O[C@H]3O[C@H](CN)CC[C@H]3N)[C@@H](N)C[C@H]2N)OC[C@]1(C)O.O=C(N[C@H](CO)[C@H](O)c1ccc([N+](=O)[O-])cc1)C(Cl)Cl. The van der Waals surface area contributed by atoms with Crippen molar-refractivity contribution in [3.05, 3.63) is 86.2 Å². The van der Waals surface area contributed by atoms with Crippen LogP contribution in [0.25, 0.3) is 5.76 Å². The minimum Gasteiger partial charge on any atom is -0.508 e. The molecule has 0 aromatic heterocycles. The maximum absolute atomic E-state index is 13.7. The van der Waals surface area contributed by atoms with Gasteiger partial charge in [0.2, 0.25) is 5.78 Å². The molecular weight excluding hydrogens is 1140 g/mol. The molecule has 2 aromatic carbocycles. The summed E-state index contributed by atoms with van der Waals surface area (Å²) < 4.78 is 23.3. The molecule has 22 N–H and O–H groups in total. The summed E-state index contributed by atoms with van der Waals surface area (Å²) in [6.07, 6.45) is -5.93. The standard InChI is InChI=1S/C22H24N2O8.C19H39N5O7.C11H12Cl2N2O5/c1-21(31)8-5-4-6-11(25)12(8)16(26)13-9(21)7-10-15(24(2)3)17(27)14(20(23)30)19(29)22(10,32)18(13)28;1-19(27)7-28-18(13(26)16(19)24-2)31-15-11(23)5-10(22)14(12(15)25)30-17-9(21)4-3-8(6-20)29-17;12-10(13)11(18)14-8(5-16)9(17)6-1-3-7(4-2-6)15(19)20/h4-6,9-10,15,25-26,29,31-32H,7H2,1-3H3,(H2,23,30);8-18,24-27H,3-7,20-23H2,1-2H3;1-4,8-10,16-17H,5H2,(H,14,18)/t9-,10-,15-,21+,22-;8-,9+,10-,11+,12-,13+,14+,15-,16+,17+,18+,19-;8-,9-/m001/s1. The van der Waals surface area contributed by atoms with E-state index in [0.717, 1.165) is 6.42 Å².